The fourth-order valence-electron chi connectivity index (χ4n) is 2.00. The van der Waals surface area contributed by atoms with Crippen molar-refractivity contribution in [3.05, 3.63) is 48.2 Å². The highest BCUT2D eigenvalue weighted by molar-refractivity contribution is 6.00. The summed E-state index contributed by atoms with van der Waals surface area (Å²) in [6.07, 6.45) is 3.04. The summed E-state index contributed by atoms with van der Waals surface area (Å²) in [4.78, 5) is 28.5. The first kappa shape index (κ1) is 15.8. The lowest BCUT2D eigenvalue weighted by Crippen LogP contribution is -2.47. The number of carbonyl (C=O) groups is 2. The summed E-state index contributed by atoms with van der Waals surface area (Å²) in [5.41, 5.74) is 1.45. The summed E-state index contributed by atoms with van der Waals surface area (Å²) in [6, 6.07) is 5.99. The van der Waals surface area contributed by atoms with E-state index in [1.54, 1.807) is 30.5 Å². The molecule has 1 atom stereocenters. The standard InChI is InChI=1S/C16H19N3O3/c1-10(2)14(19-15(20)13-5-4-8-22-13)16(21)18-12-6-7-17-11(3)9-12/h4-10,14H,1-3H3,(H,19,20)(H,17,18,21)/t14-/m0/s1. The molecular formula is C16H19N3O3. The highest BCUT2D eigenvalue weighted by atomic mass is 16.3. The van der Waals surface area contributed by atoms with E-state index in [2.05, 4.69) is 15.6 Å². The average Bonchev–Trinajstić information content (AvgIpc) is 2.98. The second-order valence-corrected chi connectivity index (χ2v) is 5.35. The largest absolute Gasteiger partial charge is 0.459 e. The molecule has 6 heteroatoms. The lowest BCUT2D eigenvalue weighted by molar-refractivity contribution is -0.118. The molecule has 2 aromatic rings. The molecule has 0 saturated carbocycles. The minimum atomic E-state index is -0.661. The molecule has 2 N–H and O–H groups in total. The number of furan rings is 1. The normalized spacial score (nSPS) is 12.0. The van der Waals surface area contributed by atoms with E-state index in [9.17, 15) is 9.59 Å². The summed E-state index contributed by atoms with van der Waals surface area (Å²) in [7, 11) is 0. The van der Waals surface area contributed by atoms with Crippen LogP contribution in [0.1, 0.15) is 30.1 Å². The minimum absolute atomic E-state index is 0.0677. The van der Waals surface area contributed by atoms with Gasteiger partial charge >= 0.3 is 0 Å². The van der Waals surface area contributed by atoms with Crippen LogP contribution in [0.2, 0.25) is 0 Å². The number of hydrogen-bond donors (Lipinski definition) is 2. The lowest BCUT2D eigenvalue weighted by atomic mass is 10.0. The minimum Gasteiger partial charge on any atom is -0.459 e. The van der Waals surface area contributed by atoms with Gasteiger partial charge in [0, 0.05) is 17.6 Å². The Hall–Kier alpha value is -2.63. The van der Waals surface area contributed by atoms with Crippen LogP contribution in [0, 0.1) is 12.8 Å². The summed E-state index contributed by atoms with van der Waals surface area (Å²) < 4.78 is 5.04. The van der Waals surface area contributed by atoms with Crippen LogP contribution in [0.25, 0.3) is 0 Å². The van der Waals surface area contributed by atoms with E-state index in [-0.39, 0.29) is 17.6 Å². The van der Waals surface area contributed by atoms with Crippen LogP contribution in [-0.2, 0) is 4.79 Å². The van der Waals surface area contributed by atoms with Crippen LogP contribution in [0.15, 0.2) is 41.1 Å². The van der Waals surface area contributed by atoms with Crippen LogP contribution in [0.3, 0.4) is 0 Å². The van der Waals surface area contributed by atoms with Gasteiger partial charge in [-0.15, -0.1) is 0 Å². The smallest absolute Gasteiger partial charge is 0.287 e. The molecule has 2 rings (SSSR count). The number of aryl methyl sites for hydroxylation is 1. The van der Waals surface area contributed by atoms with E-state index in [0.717, 1.165) is 5.69 Å². The maximum atomic E-state index is 12.4. The third-order valence-electron chi connectivity index (χ3n) is 3.14. The second kappa shape index (κ2) is 6.89. The SMILES string of the molecule is Cc1cc(NC(=O)[C@@H](NC(=O)c2ccco2)C(C)C)ccn1. The molecule has 0 saturated heterocycles. The van der Waals surface area contributed by atoms with Crippen LogP contribution >= 0.6 is 0 Å². The second-order valence-electron chi connectivity index (χ2n) is 5.35. The first-order chi connectivity index (χ1) is 10.5. The Morgan fingerprint density at radius 2 is 2.05 bits per heavy atom. The predicted molar refractivity (Wildman–Crippen MR) is 82.4 cm³/mol. The van der Waals surface area contributed by atoms with Crippen molar-refractivity contribution < 1.29 is 14.0 Å². The van der Waals surface area contributed by atoms with Gasteiger partial charge in [0.15, 0.2) is 5.76 Å². The highest BCUT2D eigenvalue weighted by Gasteiger charge is 2.25. The van der Waals surface area contributed by atoms with Gasteiger partial charge in [0.2, 0.25) is 5.91 Å². The average molecular weight is 301 g/mol. The number of pyridine rings is 1. The molecule has 0 aliphatic rings. The Kier molecular flexibility index (Phi) is 4.93. The van der Waals surface area contributed by atoms with Crippen LogP contribution in [0.5, 0.6) is 0 Å². The molecule has 0 fully saturated rings. The molecule has 0 aromatic carbocycles. The van der Waals surface area contributed by atoms with Gasteiger partial charge in [-0.05, 0) is 37.1 Å². The van der Waals surface area contributed by atoms with Crippen LogP contribution < -0.4 is 10.6 Å². The van der Waals surface area contributed by atoms with Gasteiger partial charge in [-0.3, -0.25) is 14.6 Å². The van der Waals surface area contributed by atoms with Gasteiger partial charge in [0.25, 0.3) is 5.91 Å². The van der Waals surface area contributed by atoms with Gasteiger partial charge in [-0.25, -0.2) is 0 Å². The summed E-state index contributed by atoms with van der Waals surface area (Å²) in [5.74, 6) is -0.578. The lowest BCUT2D eigenvalue weighted by Gasteiger charge is -2.21. The maximum absolute atomic E-state index is 12.4. The van der Waals surface area contributed by atoms with E-state index in [4.69, 9.17) is 4.42 Å². The zero-order valence-corrected chi connectivity index (χ0v) is 12.8. The van der Waals surface area contributed by atoms with Gasteiger partial charge in [-0.1, -0.05) is 13.8 Å². The molecule has 2 aromatic heterocycles. The van der Waals surface area contributed by atoms with Crippen molar-refractivity contribution in [3.63, 3.8) is 0 Å². The number of amides is 2. The van der Waals surface area contributed by atoms with Crippen molar-refractivity contribution in [2.75, 3.05) is 5.32 Å². The number of aromatic nitrogens is 1. The van der Waals surface area contributed by atoms with Crippen molar-refractivity contribution in [1.82, 2.24) is 10.3 Å². The first-order valence-corrected chi connectivity index (χ1v) is 7.05. The Morgan fingerprint density at radius 3 is 2.64 bits per heavy atom. The highest BCUT2D eigenvalue weighted by Crippen LogP contribution is 2.11. The molecule has 2 amide bonds. The van der Waals surface area contributed by atoms with E-state index in [1.807, 2.05) is 20.8 Å². The van der Waals surface area contributed by atoms with Crippen LogP contribution in [-0.4, -0.2) is 22.8 Å². The van der Waals surface area contributed by atoms with E-state index < -0.39 is 11.9 Å². The monoisotopic (exact) mass is 301 g/mol. The zero-order chi connectivity index (χ0) is 16.1. The Bertz CT molecular complexity index is 650. The quantitative estimate of drug-likeness (QED) is 0.888. The fourth-order valence-corrected chi connectivity index (χ4v) is 2.00. The fraction of sp³-hybridized carbons (Fsp3) is 0.312. The number of hydrogen-bond acceptors (Lipinski definition) is 4. The third kappa shape index (κ3) is 3.94. The molecule has 2 heterocycles. The number of rotatable bonds is 5. The Labute approximate surface area is 128 Å². The number of nitrogens with one attached hydrogen (secondary N) is 2. The molecule has 0 aliphatic heterocycles. The van der Waals surface area contributed by atoms with Crippen LogP contribution in [0.4, 0.5) is 5.69 Å². The van der Waals surface area contributed by atoms with Crippen molar-refractivity contribution in [2.45, 2.75) is 26.8 Å². The van der Waals surface area contributed by atoms with Gasteiger partial charge in [-0.2, -0.15) is 0 Å². The van der Waals surface area contributed by atoms with E-state index >= 15 is 0 Å². The molecular weight excluding hydrogens is 282 g/mol. The summed E-state index contributed by atoms with van der Waals surface area (Å²) in [5, 5.41) is 5.48. The number of carbonyl (C=O) groups excluding carboxylic acids is 2. The summed E-state index contributed by atoms with van der Waals surface area (Å²) >= 11 is 0. The van der Waals surface area contributed by atoms with Crippen molar-refractivity contribution in [3.8, 4) is 0 Å². The summed E-state index contributed by atoms with van der Waals surface area (Å²) in [6.45, 7) is 5.57. The maximum Gasteiger partial charge on any atom is 0.287 e. The van der Waals surface area contributed by atoms with Gasteiger partial charge < -0.3 is 15.1 Å². The molecule has 0 aliphatic carbocycles. The Balaban J connectivity index is 2.07. The first-order valence-electron chi connectivity index (χ1n) is 7.05. The predicted octanol–water partition coefficient (Wildman–Crippen LogP) is 2.38. The van der Waals surface area contributed by atoms with Crippen molar-refractivity contribution >= 4 is 17.5 Å². The molecule has 0 radical (unpaired) electrons. The topological polar surface area (TPSA) is 84.2 Å². The molecule has 22 heavy (non-hydrogen) atoms. The molecule has 0 unspecified atom stereocenters. The Morgan fingerprint density at radius 1 is 1.27 bits per heavy atom. The number of anilines is 1. The van der Waals surface area contributed by atoms with Gasteiger partial charge in [0.1, 0.15) is 6.04 Å². The van der Waals surface area contributed by atoms with Crippen molar-refractivity contribution in [2.24, 2.45) is 5.92 Å². The third-order valence-corrected chi connectivity index (χ3v) is 3.14. The van der Waals surface area contributed by atoms with Gasteiger partial charge in [0.05, 0.1) is 6.26 Å². The molecule has 0 spiro atoms. The van der Waals surface area contributed by atoms with E-state index in [0.29, 0.717) is 5.69 Å². The zero-order valence-electron chi connectivity index (χ0n) is 12.8. The number of nitrogens with zero attached hydrogens (tertiary/aromatic N) is 1. The molecule has 6 nitrogen and oxygen atoms in total. The van der Waals surface area contributed by atoms with Crippen molar-refractivity contribution in [1.29, 1.82) is 0 Å². The molecule has 0 bridgehead atoms. The van der Waals surface area contributed by atoms with E-state index in [1.165, 1.54) is 6.26 Å². The molecule has 116 valence electrons.